The van der Waals surface area contributed by atoms with Gasteiger partial charge in [0.05, 0.1) is 4.90 Å². The maximum atomic E-state index is 13.1. The lowest BCUT2D eigenvalue weighted by atomic mass is 9.73. The maximum absolute atomic E-state index is 13.1. The van der Waals surface area contributed by atoms with Gasteiger partial charge in [-0.05, 0) is 48.2 Å². The van der Waals surface area contributed by atoms with E-state index >= 15 is 0 Å². The van der Waals surface area contributed by atoms with Gasteiger partial charge in [-0.25, -0.2) is 18.2 Å². The molecule has 0 amide bonds. The highest BCUT2D eigenvalue weighted by Gasteiger charge is 2.42. The molecule has 1 aliphatic heterocycles. The van der Waals surface area contributed by atoms with Gasteiger partial charge in [0.1, 0.15) is 23.9 Å². The number of carbonyl (C=O) groups excluding carboxylic acids is 1. The van der Waals surface area contributed by atoms with Crippen LogP contribution in [0.4, 0.5) is 5.95 Å². The van der Waals surface area contributed by atoms with Crippen LogP contribution in [-0.4, -0.2) is 29.0 Å². The molecule has 1 atom stereocenters. The molecular weight excluding hydrogens is 418 g/mol. The third-order valence-electron chi connectivity index (χ3n) is 5.64. The first kappa shape index (κ1) is 19.7. The van der Waals surface area contributed by atoms with Crippen molar-refractivity contribution in [3.8, 4) is 11.3 Å². The number of carbonyl (C=O) groups is 1. The van der Waals surface area contributed by atoms with Crippen LogP contribution in [0.25, 0.3) is 11.3 Å². The lowest BCUT2D eigenvalue weighted by Crippen LogP contribution is -2.36. The number of anilines is 1. The number of Topliss-reactive ketones (excluding diaryl/α,β-unsaturated/α-hetero) is 1. The highest BCUT2D eigenvalue weighted by atomic mass is 32.2. The second-order valence-corrected chi connectivity index (χ2v) is 10.2. The monoisotopic (exact) mass is 439 g/mol. The van der Waals surface area contributed by atoms with E-state index in [2.05, 4.69) is 29.2 Å². The first-order chi connectivity index (χ1) is 14.6. The number of hydrogen-bond donors (Lipinski definition) is 2. The van der Waals surface area contributed by atoms with Gasteiger partial charge in [-0.3, -0.25) is 4.79 Å². The van der Waals surface area contributed by atoms with Crippen molar-refractivity contribution >= 4 is 21.8 Å². The molecule has 1 aliphatic carbocycles. The van der Waals surface area contributed by atoms with Crippen LogP contribution >= 0.6 is 0 Å². The smallest absolute Gasteiger partial charge is 0.238 e. The predicted octanol–water partition coefficient (Wildman–Crippen LogP) is 2.84. The maximum Gasteiger partial charge on any atom is 0.238 e. The van der Waals surface area contributed by atoms with Crippen molar-refractivity contribution in [2.45, 2.75) is 37.6 Å². The number of nitrogens with one attached hydrogen (secondary N) is 1. The summed E-state index contributed by atoms with van der Waals surface area (Å²) < 4.78 is 30.8. The number of sulfonamides is 1. The molecule has 0 saturated carbocycles. The van der Waals surface area contributed by atoms with E-state index in [-0.39, 0.29) is 16.1 Å². The van der Waals surface area contributed by atoms with Crippen molar-refractivity contribution in [2.75, 3.05) is 5.32 Å². The summed E-state index contributed by atoms with van der Waals surface area (Å²) in [7, 11) is -3.77. The number of nitrogens with zero attached hydrogens (tertiary/aromatic N) is 3. The number of ketones is 1. The van der Waals surface area contributed by atoms with Gasteiger partial charge >= 0.3 is 0 Å². The number of furan rings is 1. The number of aromatic nitrogens is 3. The number of nitrogens with two attached hydrogens (primary N) is 1. The van der Waals surface area contributed by atoms with Crippen molar-refractivity contribution in [1.29, 1.82) is 0 Å². The standard InChI is InChI=1S/C21H21N5O4S/c1-21(2)9-14-18(15(27)10-21)19(26-20(25-14)23-11-24-26)17-8-7-16(30-17)12-3-5-13(6-4-12)31(22,28)29/h3-8,11,19H,9-10H2,1-2H3,(H2,22,28,29)(H,23,24,25). The summed E-state index contributed by atoms with van der Waals surface area (Å²) in [4.78, 5) is 17.4. The Morgan fingerprint density at radius 2 is 1.90 bits per heavy atom. The molecule has 3 aromatic rings. The highest BCUT2D eigenvalue weighted by Crippen LogP contribution is 2.45. The molecular formula is C21H21N5O4S. The van der Waals surface area contributed by atoms with E-state index in [1.165, 1.54) is 18.5 Å². The van der Waals surface area contributed by atoms with E-state index in [1.807, 2.05) is 6.07 Å². The Bertz CT molecular complexity index is 1330. The summed E-state index contributed by atoms with van der Waals surface area (Å²) in [6.07, 6.45) is 2.61. The number of primary sulfonamides is 1. The molecule has 3 heterocycles. The van der Waals surface area contributed by atoms with Crippen LogP contribution in [0.15, 0.2) is 63.3 Å². The average Bonchev–Trinajstić information content (AvgIpc) is 3.34. The van der Waals surface area contributed by atoms with Crippen LogP contribution in [0.2, 0.25) is 0 Å². The van der Waals surface area contributed by atoms with Crippen LogP contribution in [0.1, 0.15) is 38.5 Å². The Balaban J connectivity index is 1.57. The number of fused-ring (bicyclic) bond motifs is 1. The van der Waals surface area contributed by atoms with E-state index < -0.39 is 16.1 Å². The quantitative estimate of drug-likeness (QED) is 0.641. The summed E-state index contributed by atoms with van der Waals surface area (Å²) in [6, 6.07) is 9.20. The summed E-state index contributed by atoms with van der Waals surface area (Å²) >= 11 is 0. The summed E-state index contributed by atoms with van der Waals surface area (Å²) in [5.74, 6) is 1.71. The molecule has 0 radical (unpaired) electrons. The van der Waals surface area contributed by atoms with Gasteiger partial charge in [0.15, 0.2) is 5.78 Å². The van der Waals surface area contributed by atoms with Crippen LogP contribution in [0.3, 0.4) is 0 Å². The van der Waals surface area contributed by atoms with E-state index in [0.29, 0.717) is 35.0 Å². The fourth-order valence-corrected chi connectivity index (χ4v) is 4.79. The summed E-state index contributed by atoms with van der Waals surface area (Å²) in [5.41, 5.74) is 2.04. The van der Waals surface area contributed by atoms with Gasteiger partial charge < -0.3 is 9.73 Å². The van der Waals surface area contributed by atoms with Crippen LogP contribution in [0.5, 0.6) is 0 Å². The van der Waals surface area contributed by atoms with Gasteiger partial charge in [-0.2, -0.15) is 10.1 Å². The average molecular weight is 439 g/mol. The normalized spacial score (nSPS) is 20.2. The Kier molecular flexibility index (Phi) is 4.21. The minimum Gasteiger partial charge on any atom is -0.458 e. The molecule has 0 fully saturated rings. The third kappa shape index (κ3) is 3.37. The van der Waals surface area contributed by atoms with Crippen molar-refractivity contribution in [3.05, 3.63) is 59.8 Å². The number of rotatable bonds is 3. The van der Waals surface area contributed by atoms with Gasteiger partial charge in [-0.1, -0.05) is 13.8 Å². The van der Waals surface area contributed by atoms with Crippen molar-refractivity contribution in [2.24, 2.45) is 10.6 Å². The van der Waals surface area contributed by atoms with Gasteiger partial charge in [0.25, 0.3) is 0 Å². The van der Waals surface area contributed by atoms with Crippen LogP contribution in [-0.2, 0) is 14.8 Å². The summed E-state index contributed by atoms with van der Waals surface area (Å²) in [6.45, 7) is 4.14. The lowest BCUT2D eigenvalue weighted by Gasteiger charge is -2.37. The third-order valence-corrected chi connectivity index (χ3v) is 6.57. The van der Waals surface area contributed by atoms with E-state index in [9.17, 15) is 13.2 Å². The molecule has 2 aliphatic rings. The Labute approximate surface area is 179 Å². The van der Waals surface area contributed by atoms with Gasteiger partial charge in [-0.15, -0.1) is 0 Å². The SMILES string of the molecule is CC1(C)CC(=O)C2=C(C1)Nc1ncnn1C2c1ccc(-c2ccc(S(N)(=O)=O)cc2)o1. The van der Waals surface area contributed by atoms with Crippen LogP contribution < -0.4 is 10.5 Å². The number of benzene rings is 1. The Morgan fingerprint density at radius 1 is 1.16 bits per heavy atom. The van der Waals surface area contributed by atoms with Crippen molar-refractivity contribution in [1.82, 2.24) is 14.8 Å². The first-order valence-corrected chi connectivity index (χ1v) is 11.3. The van der Waals surface area contributed by atoms with Gasteiger partial charge in [0, 0.05) is 23.3 Å². The number of allylic oxidation sites excluding steroid dienone is 2. The molecule has 9 nitrogen and oxygen atoms in total. The first-order valence-electron chi connectivity index (χ1n) is 9.78. The largest absolute Gasteiger partial charge is 0.458 e. The molecule has 0 spiro atoms. The summed E-state index contributed by atoms with van der Waals surface area (Å²) in [5, 5.41) is 12.7. The van der Waals surface area contributed by atoms with Gasteiger partial charge in [0.2, 0.25) is 16.0 Å². The molecule has 31 heavy (non-hydrogen) atoms. The zero-order chi connectivity index (χ0) is 22.0. The van der Waals surface area contributed by atoms with E-state index in [1.54, 1.807) is 22.9 Å². The molecule has 10 heteroatoms. The van der Waals surface area contributed by atoms with Crippen molar-refractivity contribution in [3.63, 3.8) is 0 Å². The Morgan fingerprint density at radius 3 is 2.61 bits per heavy atom. The zero-order valence-electron chi connectivity index (χ0n) is 17.0. The molecule has 0 saturated heterocycles. The second-order valence-electron chi connectivity index (χ2n) is 8.66. The van der Waals surface area contributed by atoms with E-state index in [0.717, 1.165) is 12.1 Å². The second kappa shape index (κ2) is 6.63. The molecule has 160 valence electrons. The van der Waals surface area contributed by atoms with Crippen LogP contribution in [0, 0.1) is 5.41 Å². The molecule has 1 aromatic carbocycles. The fourth-order valence-electron chi connectivity index (χ4n) is 4.28. The highest BCUT2D eigenvalue weighted by molar-refractivity contribution is 7.89. The molecule has 3 N–H and O–H groups in total. The number of hydrogen-bond acceptors (Lipinski definition) is 7. The predicted molar refractivity (Wildman–Crippen MR) is 112 cm³/mol. The Hall–Kier alpha value is -3.24. The molecule has 0 bridgehead atoms. The minimum atomic E-state index is -3.77. The molecule has 2 aromatic heterocycles. The fraction of sp³-hybridized carbons (Fsp3) is 0.286. The van der Waals surface area contributed by atoms with E-state index in [4.69, 9.17) is 9.56 Å². The zero-order valence-corrected chi connectivity index (χ0v) is 17.8. The van der Waals surface area contributed by atoms with Crippen molar-refractivity contribution < 1.29 is 17.6 Å². The minimum absolute atomic E-state index is 0.0267. The molecule has 1 unspecified atom stereocenters. The molecule has 5 rings (SSSR count). The lowest BCUT2D eigenvalue weighted by molar-refractivity contribution is -0.118. The topological polar surface area (TPSA) is 133 Å².